The van der Waals surface area contributed by atoms with E-state index in [1.54, 1.807) is 12.1 Å². The van der Waals surface area contributed by atoms with E-state index in [0.717, 1.165) is 6.08 Å². The highest BCUT2D eigenvalue weighted by atomic mass is 35.5. The molecule has 0 heterocycles. The molecule has 1 N–H and O–H groups in total. The van der Waals surface area contributed by atoms with Gasteiger partial charge in [-0.05, 0) is 29.8 Å². The largest absolute Gasteiger partial charge is 0.323 e. The summed E-state index contributed by atoms with van der Waals surface area (Å²) < 4.78 is 0. The Hall–Kier alpha value is -3.21. The van der Waals surface area contributed by atoms with E-state index in [0.29, 0.717) is 10.6 Å². The Kier molecular flexibility index (Phi) is 6.66. The minimum Gasteiger partial charge on any atom is -0.323 e. The molecule has 1 amide bonds. The number of carbonyl (C=O) groups excluding carboxylic acids is 2. The summed E-state index contributed by atoms with van der Waals surface area (Å²) in [6.07, 6.45) is 2.32. The van der Waals surface area contributed by atoms with Crippen molar-refractivity contribution in [3.05, 3.63) is 74.3 Å². The van der Waals surface area contributed by atoms with Crippen LogP contribution in [0, 0.1) is 27.4 Å². The average molecular weight is 404 g/mol. The van der Waals surface area contributed by atoms with Crippen molar-refractivity contribution >= 4 is 52.3 Å². The zero-order chi connectivity index (χ0) is 20.0. The number of nitrogens with zero attached hydrogens (tertiary/aromatic N) is 2. The minimum atomic E-state index is -1.60. The minimum absolute atomic E-state index is 0.142. The summed E-state index contributed by atoms with van der Waals surface area (Å²) in [5.74, 6) is -3.23. The van der Waals surface area contributed by atoms with Crippen LogP contribution in [0.1, 0.15) is 5.56 Å². The van der Waals surface area contributed by atoms with Gasteiger partial charge in [-0.1, -0.05) is 41.4 Å². The maximum Gasteiger partial charge on any atom is 0.270 e. The molecule has 1 atom stereocenters. The number of halogens is 2. The van der Waals surface area contributed by atoms with Crippen LogP contribution in [0.15, 0.2) is 48.5 Å². The number of nitro groups is 1. The van der Waals surface area contributed by atoms with Crippen molar-refractivity contribution in [1.29, 1.82) is 5.26 Å². The van der Waals surface area contributed by atoms with Gasteiger partial charge in [0.05, 0.1) is 21.7 Å². The Morgan fingerprint density at radius 3 is 2.59 bits per heavy atom. The Bertz CT molecular complexity index is 983. The number of non-ortho nitro benzene ring substituents is 1. The summed E-state index contributed by atoms with van der Waals surface area (Å²) in [6.45, 7) is 0. The average Bonchev–Trinajstić information content (AvgIpc) is 2.63. The van der Waals surface area contributed by atoms with Gasteiger partial charge in [0.1, 0.15) is 0 Å². The molecular weight excluding hydrogens is 393 g/mol. The van der Waals surface area contributed by atoms with Gasteiger partial charge in [-0.15, -0.1) is 0 Å². The number of allylic oxidation sites excluding steroid dienone is 1. The molecule has 0 aliphatic carbocycles. The molecule has 0 aliphatic rings. The van der Waals surface area contributed by atoms with E-state index in [4.69, 9.17) is 28.5 Å². The molecule has 2 rings (SSSR count). The van der Waals surface area contributed by atoms with E-state index in [9.17, 15) is 19.7 Å². The zero-order valence-electron chi connectivity index (χ0n) is 13.6. The quantitative estimate of drug-likeness (QED) is 0.335. The summed E-state index contributed by atoms with van der Waals surface area (Å²) in [4.78, 5) is 34.6. The Balaban J connectivity index is 2.13. The zero-order valence-corrected chi connectivity index (χ0v) is 15.1. The topological polar surface area (TPSA) is 113 Å². The van der Waals surface area contributed by atoms with Crippen molar-refractivity contribution < 1.29 is 14.5 Å². The molecule has 0 spiro atoms. The standard InChI is InChI=1S/C18H11Cl2N3O4/c19-12-5-6-16(15(20)9-12)22-18(25)14(10-21)17(24)7-4-11-2-1-3-13(8-11)23(26)27/h1-9,14H,(H,22,25)/b7-4+. The lowest BCUT2D eigenvalue weighted by molar-refractivity contribution is -0.384. The van der Waals surface area contributed by atoms with Gasteiger partial charge in [0, 0.05) is 17.2 Å². The van der Waals surface area contributed by atoms with Gasteiger partial charge >= 0.3 is 0 Å². The highest BCUT2D eigenvalue weighted by Gasteiger charge is 2.25. The first-order valence-corrected chi connectivity index (χ1v) is 8.19. The van der Waals surface area contributed by atoms with Gasteiger partial charge in [0.25, 0.3) is 5.69 Å². The third kappa shape index (κ3) is 5.38. The SMILES string of the molecule is N#CC(C(=O)/C=C/c1cccc([N+](=O)[O-])c1)C(=O)Nc1ccc(Cl)cc1Cl. The number of amides is 1. The molecule has 2 aromatic carbocycles. The molecule has 7 nitrogen and oxygen atoms in total. The first kappa shape index (κ1) is 20.1. The van der Waals surface area contributed by atoms with Crippen LogP contribution in [0.5, 0.6) is 0 Å². The van der Waals surface area contributed by atoms with Crippen molar-refractivity contribution in [1.82, 2.24) is 0 Å². The molecule has 0 fully saturated rings. The van der Waals surface area contributed by atoms with Gasteiger partial charge in [0.2, 0.25) is 5.91 Å². The number of carbonyl (C=O) groups is 2. The molecule has 136 valence electrons. The number of ketones is 1. The van der Waals surface area contributed by atoms with Gasteiger partial charge in [0.15, 0.2) is 11.7 Å². The van der Waals surface area contributed by atoms with E-state index in [-0.39, 0.29) is 16.4 Å². The molecular formula is C18H11Cl2N3O4. The molecule has 1 unspecified atom stereocenters. The van der Waals surface area contributed by atoms with Gasteiger partial charge < -0.3 is 5.32 Å². The lowest BCUT2D eigenvalue weighted by Gasteiger charge is -2.09. The summed E-state index contributed by atoms with van der Waals surface area (Å²) in [5.41, 5.74) is 0.453. The lowest BCUT2D eigenvalue weighted by Crippen LogP contribution is -2.27. The predicted molar refractivity (Wildman–Crippen MR) is 101 cm³/mol. The smallest absolute Gasteiger partial charge is 0.270 e. The molecule has 0 saturated carbocycles. The number of rotatable bonds is 6. The fourth-order valence-corrected chi connectivity index (χ4v) is 2.52. The van der Waals surface area contributed by atoms with Crippen LogP contribution in [0.3, 0.4) is 0 Å². The molecule has 0 radical (unpaired) electrons. The first-order valence-electron chi connectivity index (χ1n) is 7.43. The second-order valence-corrected chi connectivity index (χ2v) is 6.11. The van der Waals surface area contributed by atoms with E-state index < -0.39 is 22.5 Å². The highest BCUT2D eigenvalue weighted by Crippen LogP contribution is 2.26. The van der Waals surface area contributed by atoms with Crippen molar-refractivity contribution in [2.45, 2.75) is 0 Å². The maximum absolute atomic E-state index is 12.2. The highest BCUT2D eigenvalue weighted by molar-refractivity contribution is 6.36. The second-order valence-electron chi connectivity index (χ2n) is 5.26. The molecule has 0 aromatic heterocycles. The monoisotopic (exact) mass is 403 g/mol. The number of hydrogen-bond donors (Lipinski definition) is 1. The Morgan fingerprint density at radius 1 is 1.22 bits per heavy atom. The number of hydrogen-bond acceptors (Lipinski definition) is 5. The molecule has 0 aliphatic heterocycles. The lowest BCUT2D eigenvalue weighted by atomic mass is 10.0. The number of anilines is 1. The number of nitriles is 1. The van der Waals surface area contributed by atoms with Crippen molar-refractivity contribution in [3.63, 3.8) is 0 Å². The fraction of sp³-hybridized carbons (Fsp3) is 0.0556. The first-order chi connectivity index (χ1) is 12.8. The van der Waals surface area contributed by atoms with Crippen molar-refractivity contribution in [2.24, 2.45) is 5.92 Å². The van der Waals surface area contributed by atoms with Crippen LogP contribution in [-0.4, -0.2) is 16.6 Å². The van der Waals surface area contributed by atoms with E-state index in [2.05, 4.69) is 5.32 Å². The van der Waals surface area contributed by atoms with Gasteiger partial charge in [-0.25, -0.2) is 0 Å². The van der Waals surface area contributed by atoms with Gasteiger partial charge in [-0.3, -0.25) is 19.7 Å². The normalized spacial score (nSPS) is 11.6. The number of nitrogens with one attached hydrogen (secondary N) is 1. The van der Waals surface area contributed by atoms with E-state index >= 15 is 0 Å². The van der Waals surface area contributed by atoms with E-state index in [1.165, 1.54) is 42.5 Å². The molecule has 2 aromatic rings. The third-order valence-electron chi connectivity index (χ3n) is 3.39. The van der Waals surface area contributed by atoms with Crippen LogP contribution in [0.2, 0.25) is 10.0 Å². The molecule has 9 heteroatoms. The molecule has 0 bridgehead atoms. The number of nitro benzene ring substituents is 1. The molecule has 27 heavy (non-hydrogen) atoms. The van der Waals surface area contributed by atoms with Crippen LogP contribution >= 0.6 is 23.2 Å². The number of benzene rings is 2. The van der Waals surface area contributed by atoms with E-state index in [1.807, 2.05) is 0 Å². The van der Waals surface area contributed by atoms with Crippen LogP contribution < -0.4 is 5.32 Å². The maximum atomic E-state index is 12.2. The van der Waals surface area contributed by atoms with Crippen LogP contribution in [0.4, 0.5) is 11.4 Å². The third-order valence-corrected chi connectivity index (χ3v) is 3.93. The summed E-state index contributed by atoms with van der Waals surface area (Å²) in [7, 11) is 0. The van der Waals surface area contributed by atoms with Crippen molar-refractivity contribution in [3.8, 4) is 6.07 Å². The summed E-state index contributed by atoms with van der Waals surface area (Å²) in [6, 6.07) is 11.5. The summed E-state index contributed by atoms with van der Waals surface area (Å²) in [5, 5.41) is 22.8. The Morgan fingerprint density at radius 2 is 1.96 bits per heavy atom. The second kappa shape index (κ2) is 8.94. The fourth-order valence-electron chi connectivity index (χ4n) is 2.06. The predicted octanol–water partition coefficient (Wildman–Crippen LogP) is 4.26. The van der Waals surface area contributed by atoms with Crippen LogP contribution in [-0.2, 0) is 9.59 Å². The van der Waals surface area contributed by atoms with Gasteiger partial charge in [-0.2, -0.15) is 5.26 Å². The van der Waals surface area contributed by atoms with Crippen molar-refractivity contribution in [2.75, 3.05) is 5.32 Å². The molecule has 0 saturated heterocycles. The summed E-state index contributed by atoms with van der Waals surface area (Å²) >= 11 is 11.7. The van der Waals surface area contributed by atoms with Crippen LogP contribution in [0.25, 0.3) is 6.08 Å². The Labute approximate surface area is 164 Å².